The fourth-order valence-corrected chi connectivity index (χ4v) is 3.31. The highest BCUT2D eigenvalue weighted by Crippen LogP contribution is 2.29. The van der Waals surface area contributed by atoms with Gasteiger partial charge in [-0.3, -0.25) is 25.1 Å². The molecule has 1 saturated heterocycles. The third-order valence-electron chi connectivity index (χ3n) is 5.04. The maximum Gasteiger partial charge on any atom is 0.282 e. The molecule has 9 heteroatoms. The van der Waals surface area contributed by atoms with E-state index >= 15 is 0 Å². The molecule has 0 bridgehead atoms. The fraction of sp³-hybridized carbons (Fsp3) is 0.120. The van der Waals surface area contributed by atoms with E-state index in [0.29, 0.717) is 11.4 Å². The summed E-state index contributed by atoms with van der Waals surface area (Å²) in [5, 5.41) is 12.4. The molecule has 1 heterocycles. The van der Waals surface area contributed by atoms with Gasteiger partial charge in [-0.2, -0.15) is 0 Å². The standard InChI is InChI=1S/C25H21N3O6/c1-17-7-10-21(11-8-17)33-13-14-34-23-12-9-20(28(31)32)15-18(23)16-22-24(29)26-27(25(22)30)19-5-3-2-4-6-19/h2-12,15-16H,13-14H2,1H3,(H,26,29). The number of ether oxygens (including phenoxy) is 2. The van der Waals surface area contributed by atoms with Gasteiger partial charge in [0.25, 0.3) is 17.5 Å². The van der Waals surface area contributed by atoms with E-state index in [1.54, 1.807) is 30.3 Å². The molecule has 0 aliphatic carbocycles. The lowest BCUT2D eigenvalue weighted by Crippen LogP contribution is -2.35. The van der Waals surface area contributed by atoms with Crippen LogP contribution in [0.3, 0.4) is 0 Å². The number of amides is 2. The van der Waals surface area contributed by atoms with Crippen LogP contribution >= 0.6 is 0 Å². The average molecular weight is 459 g/mol. The molecule has 9 nitrogen and oxygen atoms in total. The lowest BCUT2D eigenvalue weighted by molar-refractivity contribution is -0.384. The first-order valence-electron chi connectivity index (χ1n) is 10.5. The highest BCUT2D eigenvalue weighted by atomic mass is 16.6. The van der Waals surface area contributed by atoms with Crippen LogP contribution in [0.1, 0.15) is 11.1 Å². The van der Waals surface area contributed by atoms with Crippen molar-refractivity contribution in [3.63, 3.8) is 0 Å². The monoisotopic (exact) mass is 459 g/mol. The van der Waals surface area contributed by atoms with Crippen LogP contribution in [0, 0.1) is 17.0 Å². The number of carbonyl (C=O) groups is 2. The molecule has 1 fully saturated rings. The number of rotatable bonds is 8. The Bertz CT molecular complexity index is 1260. The summed E-state index contributed by atoms with van der Waals surface area (Å²) in [7, 11) is 0. The molecule has 1 aliphatic rings. The number of nitro groups is 1. The first-order chi connectivity index (χ1) is 16.4. The van der Waals surface area contributed by atoms with Crippen molar-refractivity contribution in [1.29, 1.82) is 0 Å². The Kier molecular flexibility index (Phi) is 6.54. The summed E-state index contributed by atoms with van der Waals surface area (Å²) >= 11 is 0. The van der Waals surface area contributed by atoms with E-state index in [1.165, 1.54) is 24.3 Å². The lowest BCUT2D eigenvalue weighted by Gasteiger charge is -2.14. The van der Waals surface area contributed by atoms with E-state index in [9.17, 15) is 19.7 Å². The summed E-state index contributed by atoms with van der Waals surface area (Å²) in [6.07, 6.45) is 1.30. The summed E-state index contributed by atoms with van der Waals surface area (Å²) in [5.41, 5.74) is 3.99. The van der Waals surface area contributed by atoms with Crippen LogP contribution in [0.15, 0.2) is 78.4 Å². The minimum atomic E-state index is -0.617. The van der Waals surface area contributed by atoms with Crippen molar-refractivity contribution in [2.45, 2.75) is 6.92 Å². The van der Waals surface area contributed by atoms with Crippen molar-refractivity contribution < 1.29 is 24.0 Å². The zero-order chi connectivity index (χ0) is 24.1. The number of nitrogens with one attached hydrogen (secondary N) is 1. The van der Waals surface area contributed by atoms with Gasteiger partial charge in [0.15, 0.2) is 0 Å². The highest BCUT2D eigenvalue weighted by molar-refractivity contribution is 6.31. The largest absolute Gasteiger partial charge is 0.490 e. The lowest BCUT2D eigenvalue weighted by atomic mass is 10.1. The molecule has 0 saturated carbocycles. The molecular formula is C25H21N3O6. The minimum Gasteiger partial charge on any atom is -0.490 e. The predicted molar refractivity (Wildman–Crippen MR) is 125 cm³/mol. The van der Waals surface area contributed by atoms with E-state index in [2.05, 4.69) is 5.43 Å². The summed E-state index contributed by atoms with van der Waals surface area (Å²) < 4.78 is 11.4. The van der Waals surface area contributed by atoms with E-state index in [4.69, 9.17) is 9.47 Å². The van der Waals surface area contributed by atoms with Gasteiger partial charge in [-0.15, -0.1) is 0 Å². The normalized spacial score (nSPS) is 14.3. The molecule has 0 aromatic heterocycles. The molecular weight excluding hydrogens is 438 g/mol. The molecule has 4 rings (SSSR count). The minimum absolute atomic E-state index is 0.151. The second-order valence-corrected chi connectivity index (χ2v) is 7.46. The Morgan fingerprint density at radius 1 is 0.971 bits per heavy atom. The van der Waals surface area contributed by atoms with Crippen LogP contribution in [0.2, 0.25) is 0 Å². The van der Waals surface area contributed by atoms with Crippen molar-refractivity contribution in [3.05, 3.63) is 99.6 Å². The number of benzene rings is 3. The van der Waals surface area contributed by atoms with Crippen molar-refractivity contribution in [3.8, 4) is 11.5 Å². The number of anilines is 1. The topological polar surface area (TPSA) is 111 Å². The Labute approximate surface area is 195 Å². The van der Waals surface area contributed by atoms with Gasteiger partial charge in [0.05, 0.1) is 10.6 Å². The summed E-state index contributed by atoms with van der Waals surface area (Å²) in [5.74, 6) is -0.218. The number of hydrogen-bond acceptors (Lipinski definition) is 6. The van der Waals surface area contributed by atoms with Crippen molar-refractivity contribution >= 4 is 29.3 Å². The van der Waals surface area contributed by atoms with E-state index in [-0.39, 0.29) is 35.8 Å². The van der Waals surface area contributed by atoms with Crippen LogP contribution in [0.25, 0.3) is 6.08 Å². The SMILES string of the molecule is Cc1ccc(OCCOc2ccc([N+](=O)[O-])cc2C=C2C(=O)NN(c3ccccc3)C2=O)cc1. The summed E-state index contributed by atoms with van der Waals surface area (Å²) in [4.78, 5) is 36.1. The van der Waals surface area contributed by atoms with E-state index in [1.807, 2.05) is 31.2 Å². The molecule has 34 heavy (non-hydrogen) atoms. The van der Waals surface area contributed by atoms with Gasteiger partial charge < -0.3 is 9.47 Å². The number of aryl methyl sites for hydroxylation is 1. The predicted octanol–water partition coefficient (Wildman–Crippen LogP) is 3.82. The van der Waals surface area contributed by atoms with Crippen LogP contribution in [0.5, 0.6) is 11.5 Å². The Hall–Kier alpha value is -4.66. The molecule has 0 radical (unpaired) electrons. The second kappa shape index (κ2) is 9.86. The van der Waals surface area contributed by atoms with Crippen molar-refractivity contribution in [1.82, 2.24) is 5.43 Å². The molecule has 0 unspecified atom stereocenters. The Morgan fingerprint density at radius 2 is 1.68 bits per heavy atom. The van der Waals surface area contributed by atoms with Crippen LogP contribution < -0.4 is 19.9 Å². The summed E-state index contributed by atoms with van der Waals surface area (Å²) in [6.45, 7) is 2.36. The molecule has 172 valence electrons. The third kappa shape index (κ3) is 5.04. The van der Waals surface area contributed by atoms with Gasteiger partial charge in [-0.1, -0.05) is 35.9 Å². The van der Waals surface area contributed by atoms with Gasteiger partial charge in [-0.05, 0) is 43.3 Å². The number of non-ortho nitro benzene ring substituents is 1. The first kappa shape index (κ1) is 22.5. The molecule has 0 spiro atoms. The number of carbonyl (C=O) groups excluding carboxylic acids is 2. The Morgan fingerprint density at radius 3 is 2.38 bits per heavy atom. The quantitative estimate of drug-likeness (QED) is 0.180. The van der Waals surface area contributed by atoms with Gasteiger partial charge in [0.2, 0.25) is 0 Å². The maximum atomic E-state index is 12.9. The zero-order valence-corrected chi connectivity index (χ0v) is 18.3. The number of nitro benzene ring substituents is 1. The molecule has 3 aromatic rings. The molecule has 0 atom stereocenters. The van der Waals surface area contributed by atoms with E-state index < -0.39 is 16.7 Å². The molecule has 1 N–H and O–H groups in total. The average Bonchev–Trinajstić information content (AvgIpc) is 3.12. The third-order valence-corrected chi connectivity index (χ3v) is 5.04. The van der Waals surface area contributed by atoms with Gasteiger partial charge in [-0.25, -0.2) is 5.01 Å². The number of hydrazine groups is 1. The fourth-order valence-electron chi connectivity index (χ4n) is 3.31. The van der Waals surface area contributed by atoms with Crippen LogP contribution in [0.4, 0.5) is 11.4 Å². The first-order valence-corrected chi connectivity index (χ1v) is 10.5. The number of para-hydroxylation sites is 1. The number of hydrogen-bond donors (Lipinski definition) is 1. The number of nitrogens with zero attached hydrogens (tertiary/aromatic N) is 2. The van der Waals surface area contributed by atoms with Gasteiger partial charge in [0, 0.05) is 17.7 Å². The Balaban J connectivity index is 1.53. The van der Waals surface area contributed by atoms with E-state index in [0.717, 1.165) is 10.6 Å². The van der Waals surface area contributed by atoms with Crippen LogP contribution in [-0.2, 0) is 9.59 Å². The molecule has 3 aromatic carbocycles. The zero-order valence-electron chi connectivity index (χ0n) is 18.3. The van der Waals surface area contributed by atoms with Crippen molar-refractivity contribution in [2.24, 2.45) is 0 Å². The van der Waals surface area contributed by atoms with Gasteiger partial charge in [0.1, 0.15) is 30.3 Å². The van der Waals surface area contributed by atoms with Crippen LogP contribution in [-0.4, -0.2) is 30.0 Å². The molecule has 2 amide bonds. The van der Waals surface area contributed by atoms with Gasteiger partial charge >= 0.3 is 0 Å². The smallest absolute Gasteiger partial charge is 0.282 e. The summed E-state index contributed by atoms with van der Waals surface area (Å²) in [6, 6.07) is 20.2. The van der Waals surface area contributed by atoms with Crippen molar-refractivity contribution in [2.75, 3.05) is 18.2 Å². The highest BCUT2D eigenvalue weighted by Gasteiger charge is 2.34. The second-order valence-electron chi connectivity index (χ2n) is 7.46. The molecule has 1 aliphatic heterocycles. The maximum absolute atomic E-state index is 12.9.